The SMILES string of the molecule is CCC(NC(=O)COc1ccc(-c2ccccc2)cc1Br)c1ccccc1. The van der Waals surface area contributed by atoms with Gasteiger partial charge in [-0.3, -0.25) is 4.79 Å². The lowest BCUT2D eigenvalue weighted by atomic mass is 10.0. The normalized spacial score (nSPS) is 11.6. The van der Waals surface area contributed by atoms with Crippen LogP contribution in [-0.4, -0.2) is 12.5 Å². The van der Waals surface area contributed by atoms with E-state index < -0.39 is 0 Å². The first-order valence-electron chi connectivity index (χ1n) is 8.99. The molecule has 0 aliphatic carbocycles. The van der Waals surface area contributed by atoms with Gasteiger partial charge < -0.3 is 10.1 Å². The number of halogens is 1. The van der Waals surface area contributed by atoms with E-state index in [0.29, 0.717) is 5.75 Å². The minimum absolute atomic E-state index is 0.00815. The van der Waals surface area contributed by atoms with Crippen LogP contribution in [0.25, 0.3) is 11.1 Å². The Kier molecular flexibility index (Phi) is 6.66. The molecule has 0 aliphatic rings. The molecule has 4 heteroatoms. The zero-order valence-electron chi connectivity index (χ0n) is 15.2. The number of carbonyl (C=O) groups excluding carboxylic acids is 1. The number of ether oxygens (including phenoxy) is 1. The van der Waals surface area contributed by atoms with Crippen molar-refractivity contribution in [1.29, 1.82) is 0 Å². The minimum atomic E-state index is -0.135. The molecule has 0 radical (unpaired) electrons. The van der Waals surface area contributed by atoms with Crippen molar-refractivity contribution in [2.75, 3.05) is 6.61 Å². The van der Waals surface area contributed by atoms with Crippen LogP contribution in [0.2, 0.25) is 0 Å². The van der Waals surface area contributed by atoms with E-state index >= 15 is 0 Å². The Morgan fingerprint density at radius 1 is 0.963 bits per heavy atom. The summed E-state index contributed by atoms with van der Waals surface area (Å²) in [6.07, 6.45) is 0.825. The molecule has 1 atom stereocenters. The number of nitrogens with one attached hydrogen (secondary N) is 1. The van der Waals surface area contributed by atoms with E-state index in [1.54, 1.807) is 0 Å². The summed E-state index contributed by atoms with van der Waals surface area (Å²) in [5, 5.41) is 3.03. The lowest BCUT2D eigenvalue weighted by Crippen LogP contribution is -2.32. The second-order valence-electron chi connectivity index (χ2n) is 6.24. The highest BCUT2D eigenvalue weighted by atomic mass is 79.9. The molecular weight excluding hydrogens is 402 g/mol. The van der Waals surface area contributed by atoms with Crippen LogP contribution in [0.3, 0.4) is 0 Å². The van der Waals surface area contributed by atoms with Crippen LogP contribution in [0.15, 0.2) is 83.3 Å². The van der Waals surface area contributed by atoms with Gasteiger partial charge in [0.25, 0.3) is 5.91 Å². The van der Waals surface area contributed by atoms with Gasteiger partial charge in [0, 0.05) is 0 Å². The molecule has 0 aliphatic heterocycles. The van der Waals surface area contributed by atoms with E-state index in [-0.39, 0.29) is 18.6 Å². The van der Waals surface area contributed by atoms with Crippen molar-refractivity contribution < 1.29 is 9.53 Å². The Morgan fingerprint density at radius 3 is 2.26 bits per heavy atom. The summed E-state index contributed by atoms with van der Waals surface area (Å²) in [6.45, 7) is 2.03. The fraction of sp³-hybridized carbons (Fsp3) is 0.174. The third-order valence-electron chi connectivity index (χ3n) is 4.34. The third-order valence-corrected chi connectivity index (χ3v) is 4.96. The van der Waals surface area contributed by atoms with Crippen LogP contribution in [0.1, 0.15) is 24.9 Å². The van der Waals surface area contributed by atoms with Crippen molar-refractivity contribution in [1.82, 2.24) is 5.32 Å². The average Bonchev–Trinajstić information content (AvgIpc) is 2.72. The molecule has 0 bridgehead atoms. The van der Waals surface area contributed by atoms with Gasteiger partial charge in [0.05, 0.1) is 10.5 Å². The van der Waals surface area contributed by atoms with E-state index in [4.69, 9.17) is 4.74 Å². The smallest absolute Gasteiger partial charge is 0.258 e. The summed E-state index contributed by atoms with van der Waals surface area (Å²) in [5.41, 5.74) is 3.33. The molecule has 3 aromatic rings. The molecule has 3 aromatic carbocycles. The summed E-state index contributed by atoms with van der Waals surface area (Å²) in [5.74, 6) is 0.516. The fourth-order valence-electron chi connectivity index (χ4n) is 2.91. The highest BCUT2D eigenvalue weighted by Crippen LogP contribution is 2.30. The summed E-state index contributed by atoms with van der Waals surface area (Å²) < 4.78 is 6.54. The van der Waals surface area contributed by atoms with Gasteiger partial charge in [-0.1, -0.05) is 73.7 Å². The summed E-state index contributed by atoms with van der Waals surface area (Å²) >= 11 is 3.54. The minimum Gasteiger partial charge on any atom is -0.483 e. The van der Waals surface area contributed by atoms with Gasteiger partial charge in [-0.05, 0) is 51.2 Å². The van der Waals surface area contributed by atoms with Crippen molar-refractivity contribution in [2.24, 2.45) is 0 Å². The molecule has 3 nitrogen and oxygen atoms in total. The predicted molar refractivity (Wildman–Crippen MR) is 113 cm³/mol. The zero-order valence-corrected chi connectivity index (χ0v) is 16.8. The average molecular weight is 424 g/mol. The number of hydrogen-bond donors (Lipinski definition) is 1. The molecule has 0 aromatic heterocycles. The molecule has 1 amide bonds. The van der Waals surface area contributed by atoms with Crippen LogP contribution in [0.5, 0.6) is 5.75 Å². The molecule has 138 valence electrons. The van der Waals surface area contributed by atoms with E-state index in [0.717, 1.165) is 27.6 Å². The highest BCUT2D eigenvalue weighted by Gasteiger charge is 2.13. The Labute approximate surface area is 168 Å². The molecule has 0 saturated heterocycles. The lowest BCUT2D eigenvalue weighted by molar-refractivity contribution is -0.123. The molecule has 0 saturated carbocycles. The Bertz CT molecular complexity index is 881. The number of rotatable bonds is 7. The highest BCUT2D eigenvalue weighted by molar-refractivity contribution is 9.10. The second kappa shape index (κ2) is 9.38. The van der Waals surface area contributed by atoms with Crippen LogP contribution in [0.4, 0.5) is 0 Å². The fourth-order valence-corrected chi connectivity index (χ4v) is 3.41. The first kappa shape index (κ1) is 19.2. The van der Waals surface area contributed by atoms with E-state index in [9.17, 15) is 4.79 Å². The summed E-state index contributed by atoms with van der Waals surface area (Å²) in [6, 6.07) is 26.0. The standard InChI is InChI=1S/C23H22BrNO2/c1-2-21(18-11-7-4-8-12-18)25-23(26)16-27-22-14-13-19(15-20(22)24)17-9-5-3-6-10-17/h3-15,21H,2,16H2,1H3,(H,25,26). The van der Waals surface area contributed by atoms with Crippen LogP contribution in [-0.2, 0) is 4.79 Å². The van der Waals surface area contributed by atoms with Gasteiger partial charge in [-0.25, -0.2) is 0 Å². The number of hydrogen-bond acceptors (Lipinski definition) is 2. The molecule has 1 unspecified atom stereocenters. The first-order valence-corrected chi connectivity index (χ1v) is 9.78. The van der Waals surface area contributed by atoms with Gasteiger partial charge in [-0.15, -0.1) is 0 Å². The van der Waals surface area contributed by atoms with Crippen molar-refractivity contribution >= 4 is 21.8 Å². The third kappa shape index (κ3) is 5.20. The summed E-state index contributed by atoms with van der Waals surface area (Å²) in [7, 11) is 0. The van der Waals surface area contributed by atoms with E-state index in [2.05, 4.69) is 40.3 Å². The van der Waals surface area contributed by atoms with Crippen LogP contribution < -0.4 is 10.1 Å². The number of amides is 1. The molecule has 27 heavy (non-hydrogen) atoms. The molecule has 3 rings (SSSR count). The second-order valence-corrected chi connectivity index (χ2v) is 7.09. The van der Waals surface area contributed by atoms with Crippen LogP contribution >= 0.6 is 15.9 Å². The van der Waals surface area contributed by atoms with Crippen molar-refractivity contribution in [2.45, 2.75) is 19.4 Å². The number of benzene rings is 3. The molecular formula is C23H22BrNO2. The van der Waals surface area contributed by atoms with E-state index in [1.165, 1.54) is 0 Å². The quantitative estimate of drug-likeness (QED) is 0.524. The van der Waals surface area contributed by atoms with Gasteiger partial charge >= 0.3 is 0 Å². The van der Waals surface area contributed by atoms with Gasteiger partial charge in [0.15, 0.2) is 6.61 Å². The van der Waals surface area contributed by atoms with E-state index in [1.807, 2.05) is 66.7 Å². The maximum Gasteiger partial charge on any atom is 0.258 e. The maximum absolute atomic E-state index is 12.3. The van der Waals surface area contributed by atoms with Gasteiger partial charge in [-0.2, -0.15) is 0 Å². The molecule has 0 fully saturated rings. The maximum atomic E-state index is 12.3. The zero-order chi connectivity index (χ0) is 19.1. The van der Waals surface area contributed by atoms with Crippen molar-refractivity contribution in [3.8, 4) is 16.9 Å². The number of carbonyl (C=O) groups is 1. The molecule has 0 spiro atoms. The largest absolute Gasteiger partial charge is 0.483 e. The Hall–Kier alpha value is -2.59. The van der Waals surface area contributed by atoms with Crippen molar-refractivity contribution in [3.05, 3.63) is 88.9 Å². The monoisotopic (exact) mass is 423 g/mol. The Morgan fingerprint density at radius 2 is 1.63 bits per heavy atom. The topological polar surface area (TPSA) is 38.3 Å². The first-order chi connectivity index (χ1) is 13.2. The lowest BCUT2D eigenvalue weighted by Gasteiger charge is -2.18. The molecule has 0 heterocycles. The predicted octanol–water partition coefficient (Wildman–Crippen LogP) is 5.76. The van der Waals surface area contributed by atoms with Gasteiger partial charge in [0.1, 0.15) is 5.75 Å². The van der Waals surface area contributed by atoms with Gasteiger partial charge in [0.2, 0.25) is 0 Å². The summed E-state index contributed by atoms with van der Waals surface area (Å²) in [4.78, 5) is 12.3. The molecule has 1 N–H and O–H groups in total. The van der Waals surface area contributed by atoms with Crippen LogP contribution in [0, 0.1) is 0 Å². The Balaban J connectivity index is 1.60. The van der Waals surface area contributed by atoms with Crippen molar-refractivity contribution in [3.63, 3.8) is 0 Å².